The minimum atomic E-state index is -5.16. The molecule has 2 rings (SSSR count). The van der Waals surface area contributed by atoms with Crippen molar-refractivity contribution in [1.29, 1.82) is 0 Å². The van der Waals surface area contributed by atoms with Crippen molar-refractivity contribution in [3.8, 4) is 0 Å². The van der Waals surface area contributed by atoms with Gasteiger partial charge < -0.3 is 20.5 Å². The van der Waals surface area contributed by atoms with E-state index >= 15 is 0 Å². The molecule has 0 unspecified atom stereocenters. The number of ether oxygens (including phenoxy) is 1. The van der Waals surface area contributed by atoms with Crippen LogP contribution < -0.4 is 10.6 Å². The lowest BCUT2D eigenvalue weighted by Gasteiger charge is -2.45. The number of rotatable bonds is 3. The van der Waals surface area contributed by atoms with Crippen LogP contribution >= 0.6 is 28.1 Å². The van der Waals surface area contributed by atoms with Crippen molar-refractivity contribution in [2.75, 3.05) is 6.61 Å². The van der Waals surface area contributed by atoms with E-state index in [2.05, 4.69) is 21.2 Å². The molecule has 1 aliphatic rings. The Bertz CT molecular complexity index is 658. The first-order valence-electron chi connectivity index (χ1n) is 6.90. The van der Waals surface area contributed by atoms with Crippen molar-refractivity contribution in [2.24, 2.45) is 5.92 Å². The molecule has 3 N–H and O–H groups in total. The zero-order chi connectivity index (χ0) is 18.1. The SMILES string of the molecule is CCOC(=O)[C@@H]1[C@@H](c2ccccc2Br)NC(=S)N[C@@]1(O)C(F)(F)F. The smallest absolute Gasteiger partial charge is 0.437 e. The summed E-state index contributed by atoms with van der Waals surface area (Å²) in [7, 11) is 0. The van der Waals surface area contributed by atoms with Gasteiger partial charge in [-0.1, -0.05) is 34.1 Å². The summed E-state index contributed by atoms with van der Waals surface area (Å²) in [6.07, 6.45) is -5.16. The summed E-state index contributed by atoms with van der Waals surface area (Å²) in [6, 6.07) is 5.17. The standard InChI is InChI=1S/C14H14BrF3N2O3S/c1-2-23-11(21)9-10(7-5-3-4-6-8(7)15)19-12(24)20-13(9,22)14(16,17)18/h3-6,9-10,22H,2H2,1H3,(H2,19,20,24)/t9-,10+,13-/m0/s1. The normalized spacial score (nSPS) is 27.2. The molecule has 0 bridgehead atoms. The summed E-state index contributed by atoms with van der Waals surface area (Å²) in [5.74, 6) is -3.19. The second-order valence-corrected chi connectivity index (χ2v) is 6.35. The highest BCUT2D eigenvalue weighted by atomic mass is 79.9. The predicted octanol–water partition coefficient (Wildman–Crippen LogP) is 2.40. The van der Waals surface area contributed by atoms with Gasteiger partial charge in [0.15, 0.2) is 5.11 Å². The van der Waals surface area contributed by atoms with Gasteiger partial charge >= 0.3 is 12.1 Å². The van der Waals surface area contributed by atoms with E-state index in [1.807, 2.05) is 0 Å². The van der Waals surface area contributed by atoms with Crippen LogP contribution in [0.2, 0.25) is 0 Å². The molecule has 1 aromatic carbocycles. The van der Waals surface area contributed by atoms with Gasteiger partial charge in [-0.25, -0.2) is 0 Å². The van der Waals surface area contributed by atoms with Gasteiger partial charge in [-0.3, -0.25) is 4.79 Å². The number of aliphatic hydroxyl groups is 1. The van der Waals surface area contributed by atoms with Crippen molar-refractivity contribution in [1.82, 2.24) is 10.6 Å². The molecule has 24 heavy (non-hydrogen) atoms. The number of halogens is 4. The first-order chi connectivity index (χ1) is 11.1. The van der Waals surface area contributed by atoms with E-state index in [9.17, 15) is 23.1 Å². The summed E-state index contributed by atoms with van der Waals surface area (Å²) in [4.78, 5) is 12.2. The number of hydrogen-bond acceptors (Lipinski definition) is 4. The highest BCUT2D eigenvalue weighted by molar-refractivity contribution is 9.10. The average molecular weight is 427 g/mol. The number of carbonyl (C=O) groups excluding carboxylic acids is 1. The van der Waals surface area contributed by atoms with Crippen molar-refractivity contribution < 1.29 is 27.8 Å². The molecule has 1 saturated heterocycles. The fourth-order valence-corrected chi connectivity index (χ4v) is 3.34. The quantitative estimate of drug-likeness (QED) is 0.509. The largest absolute Gasteiger partial charge is 0.466 e. The monoisotopic (exact) mass is 426 g/mol. The molecule has 3 atom stereocenters. The molecule has 0 radical (unpaired) electrons. The molecule has 5 nitrogen and oxygen atoms in total. The zero-order valence-electron chi connectivity index (χ0n) is 12.4. The van der Waals surface area contributed by atoms with E-state index in [-0.39, 0.29) is 6.61 Å². The second-order valence-electron chi connectivity index (χ2n) is 5.09. The summed E-state index contributed by atoms with van der Waals surface area (Å²) in [5, 5.41) is 14.3. The zero-order valence-corrected chi connectivity index (χ0v) is 14.8. The molecule has 1 aromatic rings. The minimum Gasteiger partial charge on any atom is -0.466 e. The lowest BCUT2D eigenvalue weighted by atomic mass is 9.82. The maximum Gasteiger partial charge on any atom is 0.437 e. The van der Waals surface area contributed by atoms with E-state index in [4.69, 9.17) is 17.0 Å². The van der Waals surface area contributed by atoms with Gasteiger partial charge in [0.1, 0.15) is 5.92 Å². The number of benzene rings is 1. The summed E-state index contributed by atoms with van der Waals surface area (Å²) in [5.41, 5.74) is -3.22. The number of thiocarbonyl (C=S) groups is 1. The van der Waals surface area contributed by atoms with Crippen LogP contribution in [0.4, 0.5) is 13.2 Å². The van der Waals surface area contributed by atoms with Crippen molar-refractivity contribution in [2.45, 2.75) is 24.9 Å². The number of esters is 1. The van der Waals surface area contributed by atoms with Gasteiger partial charge in [-0.05, 0) is 30.8 Å². The van der Waals surface area contributed by atoms with E-state index in [0.717, 1.165) is 0 Å². The Balaban J connectivity index is 2.60. The number of nitrogens with one attached hydrogen (secondary N) is 2. The second kappa shape index (κ2) is 6.85. The van der Waals surface area contributed by atoms with Crippen LogP contribution in [0.1, 0.15) is 18.5 Å². The number of carbonyl (C=O) groups is 1. The van der Waals surface area contributed by atoms with E-state index in [1.165, 1.54) is 13.0 Å². The topological polar surface area (TPSA) is 70.6 Å². The fraction of sp³-hybridized carbons (Fsp3) is 0.429. The third kappa shape index (κ3) is 3.35. The molecule has 1 fully saturated rings. The maximum absolute atomic E-state index is 13.5. The molecule has 0 spiro atoms. The minimum absolute atomic E-state index is 0.129. The van der Waals surface area contributed by atoms with Gasteiger partial charge in [0, 0.05) is 4.47 Å². The van der Waals surface area contributed by atoms with Crippen molar-refractivity contribution >= 4 is 39.2 Å². The molecule has 0 amide bonds. The molecular weight excluding hydrogens is 413 g/mol. The Kier molecular flexibility index (Phi) is 5.41. The van der Waals surface area contributed by atoms with Gasteiger partial charge in [0.05, 0.1) is 12.6 Å². The highest BCUT2D eigenvalue weighted by Crippen LogP contribution is 2.44. The van der Waals surface area contributed by atoms with Crippen LogP contribution in [0.15, 0.2) is 28.7 Å². The van der Waals surface area contributed by atoms with Crippen LogP contribution in [-0.2, 0) is 9.53 Å². The Morgan fingerprint density at radius 3 is 2.62 bits per heavy atom. The lowest BCUT2D eigenvalue weighted by molar-refractivity contribution is -0.292. The molecule has 132 valence electrons. The molecule has 10 heteroatoms. The third-order valence-electron chi connectivity index (χ3n) is 3.59. The fourth-order valence-electron chi connectivity index (χ4n) is 2.52. The van der Waals surface area contributed by atoms with Crippen LogP contribution in [0.5, 0.6) is 0 Å². The highest BCUT2D eigenvalue weighted by Gasteiger charge is 2.66. The molecule has 1 aliphatic heterocycles. The molecule has 1 heterocycles. The Labute approximate surface area is 149 Å². The van der Waals surface area contributed by atoms with Gasteiger partial charge in [-0.2, -0.15) is 13.2 Å². The molecular formula is C14H14BrF3N2O3S. The maximum atomic E-state index is 13.5. The third-order valence-corrected chi connectivity index (χ3v) is 4.53. The van der Waals surface area contributed by atoms with Crippen molar-refractivity contribution in [3.05, 3.63) is 34.3 Å². The van der Waals surface area contributed by atoms with Crippen LogP contribution in [0, 0.1) is 5.92 Å². The van der Waals surface area contributed by atoms with Gasteiger partial charge in [0.25, 0.3) is 5.72 Å². The van der Waals surface area contributed by atoms with E-state index < -0.39 is 34.9 Å². The van der Waals surface area contributed by atoms with Gasteiger partial charge in [0.2, 0.25) is 0 Å². The first-order valence-corrected chi connectivity index (χ1v) is 8.10. The summed E-state index contributed by atoms with van der Waals surface area (Å²) >= 11 is 8.04. The van der Waals surface area contributed by atoms with Crippen LogP contribution in [0.3, 0.4) is 0 Å². The van der Waals surface area contributed by atoms with Crippen LogP contribution in [0.25, 0.3) is 0 Å². The Hall–Kier alpha value is -1.39. The van der Waals surface area contributed by atoms with Crippen LogP contribution in [-0.4, -0.2) is 34.7 Å². The molecule has 0 saturated carbocycles. The lowest BCUT2D eigenvalue weighted by Crippen LogP contribution is -2.73. The van der Waals surface area contributed by atoms with E-state index in [0.29, 0.717) is 10.0 Å². The molecule has 0 aromatic heterocycles. The first kappa shape index (κ1) is 18.9. The Morgan fingerprint density at radius 2 is 2.08 bits per heavy atom. The summed E-state index contributed by atoms with van der Waals surface area (Å²) < 4.78 is 45.8. The van der Waals surface area contributed by atoms with Gasteiger partial charge in [-0.15, -0.1) is 0 Å². The average Bonchev–Trinajstić information content (AvgIpc) is 2.45. The molecule has 0 aliphatic carbocycles. The number of alkyl halides is 3. The van der Waals surface area contributed by atoms with Crippen molar-refractivity contribution in [3.63, 3.8) is 0 Å². The Morgan fingerprint density at radius 1 is 1.46 bits per heavy atom. The predicted molar refractivity (Wildman–Crippen MR) is 86.9 cm³/mol. The van der Waals surface area contributed by atoms with E-state index in [1.54, 1.807) is 23.5 Å². The number of hydrogen-bond donors (Lipinski definition) is 3. The summed E-state index contributed by atoms with van der Waals surface area (Å²) in [6.45, 7) is 1.34.